The molecule has 0 heterocycles. The quantitative estimate of drug-likeness (QED) is 0.673. The Morgan fingerprint density at radius 3 is 2.26 bits per heavy atom. The van der Waals surface area contributed by atoms with Gasteiger partial charge in [0.15, 0.2) is 5.78 Å². The number of nitrogens with two attached hydrogens (primary N) is 1. The first kappa shape index (κ1) is 13.3. The van der Waals surface area contributed by atoms with E-state index < -0.39 is 11.8 Å². The summed E-state index contributed by atoms with van der Waals surface area (Å²) in [5.41, 5.74) is 6.45. The first-order chi connectivity index (χ1) is 9.00. The Kier molecular flexibility index (Phi) is 3.66. The summed E-state index contributed by atoms with van der Waals surface area (Å²) in [5.74, 6) is -1.55. The van der Waals surface area contributed by atoms with Crippen molar-refractivity contribution < 1.29 is 14.7 Å². The number of nitrogen functional groups attached to an aromatic ring is 1. The minimum Gasteiger partial charge on any atom is -0.478 e. The summed E-state index contributed by atoms with van der Waals surface area (Å²) in [6.07, 6.45) is 0. The van der Waals surface area contributed by atoms with Crippen molar-refractivity contribution in [2.75, 3.05) is 5.73 Å². The maximum absolute atomic E-state index is 12.4. The largest absolute Gasteiger partial charge is 0.478 e. The van der Waals surface area contributed by atoms with Gasteiger partial charge in [-0.15, -0.1) is 0 Å². The van der Waals surface area contributed by atoms with Crippen molar-refractivity contribution in [3.8, 4) is 0 Å². The fourth-order valence-electron chi connectivity index (χ4n) is 1.74. The Balaban J connectivity index is 2.56. The van der Waals surface area contributed by atoms with Crippen LogP contribution in [0.2, 0.25) is 0 Å². The van der Waals surface area contributed by atoms with Gasteiger partial charge in [0.25, 0.3) is 0 Å². The molecular formula is C14H10BrNO3. The zero-order valence-electron chi connectivity index (χ0n) is 9.76. The Hall–Kier alpha value is -2.14. The summed E-state index contributed by atoms with van der Waals surface area (Å²) in [4.78, 5) is 23.5. The summed E-state index contributed by atoms with van der Waals surface area (Å²) in [5, 5.41) is 9.09. The second-order valence-electron chi connectivity index (χ2n) is 3.91. The molecular weight excluding hydrogens is 310 g/mol. The van der Waals surface area contributed by atoms with Gasteiger partial charge in [-0.25, -0.2) is 4.79 Å². The fourth-order valence-corrected chi connectivity index (χ4v) is 2.10. The van der Waals surface area contributed by atoms with Gasteiger partial charge in [0.05, 0.1) is 5.56 Å². The number of carboxylic acid groups (broad SMARTS) is 1. The van der Waals surface area contributed by atoms with Gasteiger partial charge in [-0.1, -0.05) is 34.1 Å². The van der Waals surface area contributed by atoms with Gasteiger partial charge in [0.1, 0.15) is 0 Å². The highest BCUT2D eigenvalue weighted by Gasteiger charge is 2.19. The zero-order valence-corrected chi connectivity index (χ0v) is 11.3. The van der Waals surface area contributed by atoms with Gasteiger partial charge in [0, 0.05) is 21.3 Å². The van der Waals surface area contributed by atoms with Crippen LogP contribution in [-0.4, -0.2) is 16.9 Å². The van der Waals surface area contributed by atoms with Crippen LogP contribution < -0.4 is 5.73 Å². The molecule has 0 radical (unpaired) electrons. The molecule has 0 aliphatic carbocycles. The van der Waals surface area contributed by atoms with Crippen molar-refractivity contribution in [1.82, 2.24) is 0 Å². The summed E-state index contributed by atoms with van der Waals surface area (Å²) in [7, 11) is 0. The number of carboxylic acids is 1. The van der Waals surface area contributed by atoms with Crippen molar-refractivity contribution in [3.05, 3.63) is 63.6 Å². The standard InChI is InChI=1S/C14H10BrNO3/c15-8-5-6-12(16)11(7-8)13(17)9-3-1-2-4-10(9)14(18)19/h1-7H,16H2,(H,18,19). The average Bonchev–Trinajstić information content (AvgIpc) is 2.40. The van der Waals surface area contributed by atoms with Gasteiger partial charge in [-0.05, 0) is 24.3 Å². The molecule has 0 saturated heterocycles. The molecule has 96 valence electrons. The number of halogens is 1. The molecule has 0 aliphatic heterocycles. The average molecular weight is 320 g/mol. The molecule has 0 aromatic heterocycles. The van der Waals surface area contributed by atoms with Gasteiger partial charge in [-0.3, -0.25) is 4.79 Å². The number of aromatic carboxylic acids is 1. The summed E-state index contributed by atoms with van der Waals surface area (Å²) < 4.78 is 0.706. The highest BCUT2D eigenvalue weighted by Crippen LogP contribution is 2.23. The molecule has 0 fully saturated rings. The minimum atomic E-state index is -1.14. The van der Waals surface area contributed by atoms with E-state index in [9.17, 15) is 9.59 Å². The number of hydrogen-bond acceptors (Lipinski definition) is 3. The molecule has 3 N–H and O–H groups in total. The Labute approximate surface area is 118 Å². The first-order valence-electron chi connectivity index (χ1n) is 5.42. The van der Waals surface area contributed by atoms with E-state index in [0.29, 0.717) is 10.2 Å². The third kappa shape index (κ3) is 2.66. The molecule has 5 heteroatoms. The monoisotopic (exact) mass is 319 g/mol. The zero-order chi connectivity index (χ0) is 14.0. The lowest BCUT2D eigenvalue weighted by molar-refractivity contribution is 0.0693. The SMILES string of the molecule is Nc1ccc(Br)cc1C(=O)c1ccccc1C(=O)O. The van der Waals surface area contributed by atoms with Crippen LogP contribution in [0.1, 0.15) is 26.3 Å². The lowest BCUT2D eigenvalue weighted by Gasteiger charge is -2.08. The van der Waals surface area contributed by atoms with E-state index in [-0.39, 0.29) is 16.7 Å². The van der Waals surface area contributed by atoms with E-state index in [1.54, 1.807) is 30.3 Å². The molecule has 2 aromatic rings. The molecule has 0 aliphatic rings. The summed E-state index contributed by atoms with van der Waals surface area (Å²) >= 11 is 3.26. The fraction of sp³-hybridized carbons (Fsp3) is 0. The van der Waals surface area contributed by atoms with Crippen LogP contribution in [0.5, 0.6) is 0 Å². The van der Waals surface area contributed by atoms with Gasteiger partial charge in [-0.2, -0.15) is 0 Å². The molecule has 4 nitrogen and oxygen atoms in total. The van der Waals surface area contributed by atoms with E-state index in [0.717, 1.165) is 0 Å². The molecule has 0 amide bonds. The number of ketones is 1. The number of anilines is 1. The van der Waals surface area contributed by atoms with Crippen LogP contribution in [0, 0.1) is 0 Å². The molecule has 0 unspecified atom stereocenters. The van der Waals surface area contributed by atoms with Crippen LogP contribution in [-0.2, 0) is 0 Å². The lowest BCUT2D eigenvalue weighted by atomic mass is 9.97. The van der Waals surface area contributed by atoms with Crippen LogP contribution in [0.4, 0.5) is 5.69 Å². The Morgan fingerprint density at radius 1 is 1.00 bits per heavy atom. The topological polar surface area (TPSA) is 80.4 Å². The van der Waals surface area contributed by atoms with E-state index in [1.807, 2.05) is 0 Å². The van der Waals surface area contributed by atoms with E-state index in [1.165, 1.54) is 12.1 Å². The molecule has 0 spiro atoms. The summed E-state index contributed by atoms with van der Waals surface area (Å²) in [6.45, 7) is 0. The predicted molar refractivity (Wildman–Crippen MR) is 75.4 cm³/mol. The Morgan fingerprint density at radius 2 is 1.63 bits per heavy atom. The molecule has 0 atom stereocenters. The maximum atomic E-state index is 12.4. The number of carbonyl (C=O) groups excluding carboxylic acids is 1. The van der Waals surface area contributed by atoms with Crippen LogP contribution >= 0.6 is 15.9 Å². The van der Waals surface area contributed by atoms with E-state index >= 15 is 0 Å². The first-order valence-corrected chi connectivity index (χ1v) is 6.22. The molecule has 2 rings (SSSR count). The normalized spacial score (nSPS) is 10.2. The van der Waals surface area contributed by atoms with Crippen molar-refractivity contribution in [2.24, 2.45) is 0 Å². The maximum Gasteiger partial charge on any atom is 0.336 e. The summed E-state index contributed by atoms with van der Waals surface area (Å²) in [6, 6.07) is 11.0. The second-order valence-corrected chi connectivity index (χ2v) is 4.83. The van der Waals surface area contributed by atoms with Gasteiger partial charge >= 0.3 is 5.97 Å². The number of benzene rings is 2. The second kappa shape index (κ2) is 5.24. The number of carbonyl (C=O) groups is 2. The Bertz CT molecular complexity index is 667. The third-order valence-corrected chi connectivity index (χ3v) is 3.16. The van der Waals surface area contributed by atoms with Crippen molar-refractivity contribution in [3.63, 3.8) is 0 Å². The van der Waals surface area contributed by atoms with Gasteiger partial charge < -0.3 is 10.8 Å². The smallest absolute Gasteiger partial charge is 0.336 e. The predicted octanol–water partition coefficient (Wildman–Crippen LogP) is 2.96. The number of rotatable bonds is 3. The highest BCUT2D eigenvalue weighted by molar-refractivity contribution is 9.10. The third-order valence-electron chi connectivity index (χ3n) is 2.66. The van der Waals surface area contributed by atoms with E-state index in [4.69, 9.17) is 10.8 Å². The molecule has 0 bridgehead atoms. The van der Waals surface area contributed by atoms with Crippen molar-refractivity contribution in [1.29, 1.82) is 0 Å². The molecule has 2 aromatic carbocycles. The van der Waals surface area contributed by atoms with Crippen LogP contribution in [0.25, 0.3) is 0 Å². The minimum absolute atomic E-state index is 0.0353. The van der Waals surface area contributed by atoms with Crippen molar-refractivity contribution in [2.45, 2.75) is 0 Å². The van der Waals surface area contributed by atoms with Crippen LogP contribution in [0.15, 0.2) is 46.9 Å². The highest BCUT2D eigenvalue weighted by atomic mass is 79.9. The van der Waals surface area contributed by atoms with Crippen LogP contribution in [0.3, 0.4) is 0 Å². The van der Waals surface area contributed by atoms with E-state index in [2.05, 4.69) is 15.9 Å². The van der Waals surface area contributed by atoms with Crippen molar-refractivity contribution >= 4 is 33.4 Å². The lowest BCUT2D eigenvalue weighted by Crippen LogP contribution is -2.11. The molecule has 0 saturated carbocycles. The number of hydrogen-bond donors (Lipinski definition) is 2. The van der Waals surface area contributed by atoms with Gasteiger partial charge in [0.2, 0.25) is 0 Å². The molecule has 19 heavy (non-hydrogen) atoms.